The predicted octanol–water partition coefficient (Wildman–Crippen LogP) is 4.55. The van der Waals surface area contributed by atoms with E-state index in [1.54, 1.807) is 4.90 Å². The number of ether oxygens (including phenoxy) is 1. The van der Waals surface area contributed by atoms with Crippen molar-refractivity contribution in [1.29, 1.82) is 0 Å². The van der Waals surface area contributed by atoms with Crippen LogP contribution in [0.3, 0.4) is 0 Å². The summed E-state index contributed by atoms with van der Waals surface area (Å²) in [5.74, 6) is 1.40. The van der Waals surface area contributed by atoms with E-state index in [9.17, 15) is 4.79 Å². The number of aromatic nitrogens is 2. The molecule has 0 saturated heterocycles. The Kier molecular flexibility index (Phi) is 6.33. The molecule has 1 amide bonds. The molecule has 0 radical (unpaired) electrons. The number of benzene rings is 2. The van der Waals surface area contributed by atoms with E-state index >= 15 is 0 Å². The van der Waals surface area contributed by atoms with Crippen molar-refractivity contribution in [1.82, 2.24) is 15.0 Å². The van der Waals surface area contributed by atoms with Crippen LogP contribution >= 0.6 is 22.6 Å². The molecule has 0 spiro atoms. The van der Waals surface area contributed by atoms with Crippen LogP contribution in [0.2, 0.25) is 0 Å². The largest absolute Gasteiger partial charge is 0.484 e. The van der Waals surface area contributed by atoms with Gasteiger partial charge < -0.3 is 14.2 Å². The van der Waals surface area contributed by atoms with Crippen LogP contribution in [0.1, 0.15) is 26.7 Å². The topological polar surface area (TPSA) is 68.5 Å². The number of nitrogens with zero attached hydrogens (tertiary/aromatic N) is 3. The third kappa shape index (κ3) is 5.31. The summed E-state index contributed by atoms with van der Waals surface area (Å²) in [5, 5.41) is 4.03. The smallest absolute Gasteiger partial charge is 0.261 e. The Labute approximate surface area is 178 Å². The Morgan fingerprint density at radius 3 is 2.43 bits per heavy atom. The van der Waals surface area contributed by atoms with Crippen molar-refractivity contribution >= 4 is 28.5 Å². The van der Waals surface area contributed by atoms with E-state index in [4.69, 9.17) is 9.26 Å². The maximum atomic E-state index is 12.8. The fraction of sp³-hybridized carbons (Fsp3) is 0.286. The molecule has 0 aliphatic heterocycles. The third-order valence-corrected chi connectivity index (χ3v) is 4.80. The molecule has 0 fully saturated rings. The second-order valence-electron chi connectivity index (χ2n) is 7.27. The summed E-state index contributed by atoms with van der Waals surface area (Å²) < 4.78 is 12.1. The van der Waals surface area contributed by atoms with Crippen molar-refractivity contribution in [3.8, 4) is 17.1 Å². The summed E-state index contributed by atoms with van der Waals surface area (Å²) >= 11 is 2.22. The highest BCUT2D eigenvalue weighted by Gasteiger charge is 2.29. The molecule has 3 aromatic rings. The normalized spacial score (nSPS) is 11.3. The van der Waals surface area contributed by atoms with Crippen molar-refractivity contribution in [2.24, 2.45) is 0 Å². The number of carbonyl (C=O) groups excluding carboxylic acids is 1. The second kappa shape index (κ2) is 8.72. The lowest BCUT2D eigenvalue weighted by Gasteiger charge is -2.34. The molecule has 0 bridgehead atoms. The van der Waals surface area contributed by atoms with E-state index in [-0.39, 0.29) is 19.1 Å². The number of carbonyl (C=O) groups is 1. The number of hydrogen-bond donors (Lipinski definition) is 0. The number of halogens is 1. The highest BCUT2D eigenvalue weighted by atomic mass is 127. The fourth-order valence-corrected chi connectivity index (χ4v) is 2.97. The second-order valence-corrected chi connectivity index (χ2v) is 8.52. The molecule has 1 aromatic heterocycles. The van der Waals surface area contributed by atoms with Gasteiger partial charge in [0, 0.05) is 14.7 Å². The van der Waals surface area contributed by atoms with Crippen LogP contribution in [0.5, 0.6) is 5.75 Å². The molecule has 1 heterocycles. The first-order valence-electron chi connectivity index (χ1n) is 8.90. The Bertz CT molecular complexity index is 918. The highest BCUT2D eigenvalue weighted by molar-refractivity contribution is 14.1. The summed E-state index contributed by atoms with van der Waals surface area (Å²) in [5.41, 5.74) is 0.446. The average molecular weight is 491 g/mol. The quantitative estimate of drug-likeness (QED) is 0.474. The lowest BCUT2D eigenvalue weighted by atomic mass is 10.1. The molecule has 6 nitrogen and oxygen atoms in total. The van der Waals surface area contributed by atoms with Gasteiger partial charge in [0.1, 0.15) is 12.3 Å². The van der Waals surface area contributed by atoms with Crippen LogP contribution < -0.4 is 4.74 Å². The fourth-order valence-electron chi connectivity index (χ4n) is 2.61. The number of rotatable bonds is 6. The van der Waals surface area contributed by atoms with Gasteiger partial charge in [0.2, 0.25) is 11.7 Å². The summed E-state index contributed by atoms with van der Waals surface area (Å²) in [6.07, 6.45) is 0. The van der Waals surface area contributed by atoms with Crippen molar-refractivity contribution < 1.29 is 14.1 Å². The molecular formula is C21H22IN3O3. The molecule has 0 aliphatic rings. The maximum absolute atomic E-state index is 12.8. The zero-order valence-electron chi connectivity index (χ0n) is 16.1. The van der Waals surface area contributed by atoms with Gasteiger partial charge in [0.25, 0.3) is 5.91 Å². The molecule has 0 N–H and O–H groups in total. The van der Waals surface area contributed by atoms with E-state index in [1.165, 1.54) is 0 Å². The minimum Gasteiger partial charge on any atom is -0.484 e. The van der Waals surface area contributed by atoms with Gasteiger partial charge in [-0.05, 0) is 67.6 Å². The van der Waals surface area contributed by atoms with Crippen LogP contribution in [0.25, 0.3) is 11.4 Å². The van der Waals surface area contributed by atoms with Crippen molar-refractivity contribution in [2.75, 3.05) is 6.61 Å². The molecule has 0 atom stereocenters. The molecule has 0 aliphatic carbocycles. The molecule has 0 unspecified atom stereocenters. The van der Waals surface area contributed by atoms with Crippen LogP contribution in [-0.4, -0.2) is 33.1 Å². The van der Waals surface area contributed by atoms with Gasteiger partial charge in [-0.15, -0.1) is 0 Å². The van der Waals surface area contributed by atoms with Crippen molar-refractivity contribution in [2.45, 2.75) is 32.9 Å². The van der Waals surface area contributed by atoms with Crippen LogP contribution in [-0.2, 0) is 11.3 Å². The number of hydrogen-bond acceptors (Lipinski definition) is 5. The Morgan fingerprint density at radius 2 is 1.79 bits per heavy atom. The van der Waals surface area contributed by atoms with E-state index < -0.39 is 5.54 Å². The number of amides is 1. The Balaban J connectivity index is 1.69. The van der Waals surface area contributed by atoms with Gasteiger partial charge in [0.15, 0.2) is 6.61 Å². The third-order valence-electron chi connectivity index (χ3n) is 4.08. The molecule has 7 heteroatoms. The maximum Gasteiger partial charge on any atom is 0.261 e. The minimum atomic E-state index is -0.423. The van der Waals surface area contributed by atoms with Crippen molar-refractivity contribution in [3.05, 3.63) is 64.1 Å². The summed E-state index contributed by atoms with van der Waals surface area (Å²) in [6.45, 7) is 6.05. The van der Waals surface area contributed by atoms with Gasteiger partial charge >= 0.3 is 0 Å². The van der Waals surface area contributed by atoms with E-state index in [0.29, 0.717) is 17.5 Å². The van der Waals surface area contributed by atoms with Crippen molar-refractivity contribution in [3.63, 3.8) is 0 Å². The summed E-state index contributed by atoms with van der Waals surface area (Å²) in [4.78, 5) is 18.9. The lowest BCUT2D eigenvalue weighted by molar-refractivity contribution is -0.139. The van der Waals surface area contributed by atoms with E-state index in [2.05, 4.69) is 32.7 Å². The summed E-state index contributed by atoms with van der Waals surface area (Å²) in [6, 6.07) is 17.2. The van der Waals surface area contributed by atoms with Crippen LogP contribution in [0.4, 0.5) is 0 Å². The SMILES string of the molecule is CC(C)(C)N(Cc1nc(-c2ccccc2)no1)C(=O)COc1ccc(I)cc1. The average Bonchev–Trinajstić information content (AvgIpc) is 3.14. The molecule has 2 aromatic carbocycles. The molecule has 28 heavy (non-hydrogen) atoms. The van der Waals surface area contributed by atoms with Gasteiger partial charge in [-0.3, -0.25) is 4.79 Å². The van der Waals surface area contributed by atoms with Gasteiger partial charge in [-0.2, -0.15) is 4.98 Å². The molecule has 0 saturated carbocycles. The predicted molar refractivity (Wildman–Crippen MR) is 115 cm³/mol. The van der Waals surface area contributed by atoms with Crippen LogP contribution in [0.15, 0.2) is 59.1 Å². The summed E-state index contributed by atoms with van der Waals surface area (Å²) in [7, 11) is 0. The molecular weight excluding hydrogens is 469 g/mol. The zero-order chi connectivity index (χ0) is 20.1. The van der Waals surface area contributed by atoms with Gasteiger partial charge in [-0.1, -0.05) is 35.5 Å². The molecule has 3 rings (SSSR count). The first-order chi connectivity index (χ1) is 13.3. The lowest BCUT2D eigenvalue weighted by Crippen LogP contribution is -2.47. The van der Waals surface area contributed by atoms with Gasteiger partial charge in [0.05, 0.1) is 0 Å². The minimum absolute atomic E-state index is 0.0580. The van der Waals surface area contributed by atoms with Crippen LogP contribution in [0, 0.1) is 3.57 Å². The Morgan fingerprint density at radius 1 is 1.11 bits per heavy atom. The first kappa shape index (κ1) is 20.3. The standard InChI is InChI=1S/C21H22IN3O3/c1-21(2,3)25(19(26)14-27-17-11-9-16(22)10-12-17)13-18-23-20(24-28-18)15-7-5-4-6-8-15/h4-12H,13-14H2,1-3H3. The first-order valence-corrected chi connectivity index (χ1v) is 9.97. The van der Waals surface area contributed by atoms with E-state index in [0.717, 1.165) is 9.13 Å². The highest BCUT2D eigenvalue weighted by Crippen LogP contribution is 2.21. The zero-order valence-corrected chi connectivity index (χ0v) is 18.2. The van der Waals surface area contributed by atoms with E-state index in [1.807, 2.05) is 75.4 Å². The Hall–Kier alpha value is -2.42. The monoisotopic (exact) mass is 491 g/mol. The van der Waals surface area contributed by atoms with Gasteiger partial charge in [-0.25, -0.2) is 0 Å². The molecule has 146 valence electrons.